The van der Waals surface area contributed by atoms with E-state index in [9.17, 15) is 44.0 Å². The summed E-state index contributed by atoms with van der Waals surface area (Å²) in [5, 5.41) is 48.9. The molecular weight excluding hydrogens is 1560 g/mol. The number of carbonyl (C=O) groups is 4. The second-order valence-corrected chi connectivity index (χ2v) is 31.3. The molecule has 7 aromatic carbocycles. The van der Waals surface area contributed by atoms with Gasteiger partial charge in [0, 0.05) is 65.0 Å². The van der Waals surface area contributed by atoms with Crippen molar-refractivity contribution in [2.75, 3.05) is 132 Å². The molecule has 15 rings (SSSR count). The molecule has 11 aromatic rings. The number of halogens is 3. The van der Waals surface area contributed by atoms with Crippen LogP contribution in [0.3, 0.4) is 0 Å². The van der Waals surface area contributed by atoms with Gasteiger partial charge in [0.1, 0.15) is 25.3 Å². The molecule has 4 saturated heterocycles. The molecule has 4 atom stereocenters. The van der Waals surface area contributed by atoms with E-state index in [1.807, 2.05) is 133 Å². The highest BCUT2D eigenvalue weighted by molar-refractivity contribution is 7.20. The van der Waals surface area contributed by atoms with E-state index < -0.39 is 30.0 Å². The van der Waals surface area contributed by atoms with Crippen LogP contribution in [0.25, 0.3) is 51.7 Å². The number of nitrogens with zero attached hydrogens (tertiary/aromatic N) is 8. The number of hydrogen-bond acceptors (Lipinski definition) is 17. The highest BCUT2D eigenvalue weighted by atomic mass is 35.5. The van der Waals surface area contributed by atoms with Crippen LogP contribution in [0.1, 0.15) is 135 Å². The van der Waals surface area contributed by atoms with E-state index in [1.165, 1.54) is 23.5 Å². The molecule has 0 spiro atoms. The smallest absolute Gasteiger partial charge is 0.344 e. The largest absolute Gasteiger partial charge is 0.477 e. The molecule has 21 nitrogen and oxygen atoms in total. The highest BCUT2D eigenvalue weighted by Gasteiger charge is 2.36. The number of aromatic carboxylic acids is 4. The van der Waals surface area contributed by atoms with Gasteiger partial charge in [-0.2, -0.15) is 0 Å². The van der Waals surface area contributed by atoms with Crippen LogP contribution in [-0.4, -0.2) is 157 Å². The molecule has 113 heavy (non-hydrogen) atoms. The third-order valence-corrected chi connectivity index (χ3v) is 25.7. The quantitative estimate of drug-likeness (QED) is 0.0622. The van der Waals surface area contributed by atoms with E-state index in [2.05, 4.69) is 36.4 Å². The first-order valence-corrected chi connectivity index (χ1v) is 39.7. The monoisotopic (exact) mass is 1640 g/mol. The van der Waals surface area contributed by atoms with Crippen LogP contribution in [-0.2, 0) is 23.7 Å². The van der Waals surface area contributed by atoms with Crippen LogP contribution in [0, 0.1) is 32.1 Å². The maximum Gasteiger partial charge on any atom is 0.344 e. The first-order valence-electron chi connectivity index (χ1n) is 35.7. The molecule has 0 saturated carbocycles. The Morgan fingerprint density at radius 3 is 1.01 bits per heavy atom. The molecule has 4 aliphatic rings. The molecule has 4 fully saturated rings. The Morgan fingerprint density at radius 1 is 0.398 bits per heavy atom. The SMILES string of the molecule is C.[C-]#[N+]c1c(N2CCOCC2)sc(C(=O)O)c1C(C)c1ccc(Cl)c(Cl)c1.[C-]#[N+]c1c(N2CCOCC2)sc(C(=O)O)c1C(C)c1ccc2cc(F)ccc2c1.[C-]#[N+]c1c(N2CCOCC2)sc(C(=O)O)c1C(C)c1ccc2ccccc2c1.[C-]#[N+]c1c(N2CCOCC2)sc(C(=O)O)c1C(OC)c1ccc2ccccc2c1. The average Bonchev–Trinajstić information content (AvgIpc) is 1.20. The summed E-state index contributed by atoms with van der Waals surface area (Å²) in [5.41, 5.74) is 7.27. The lowest BCUT2D eigenvalue weighted by Crippen LogP contribution is -2.35. The third kappa shape index (κ3) is 18.3. The summed E-state index contributed by atoms with van der Waals surface area (Å²) in [4.78, 5) is 71.8. The molecule has 0 bridgehead atoms. The van der Waals surface area contributed by atoms with Crippen LogP contribution >= 0.6 is 68.5 Å². The number of carboxylic acids is 4. The predicted molar refractivity (Wildman–Crippen MR) is 449 cm³/mol. The Hall–Kier alpha value is -10.5. The molecule has 4 aliphatic heterocycles. The predicted octanol–water partition coefficient (Wildman–Crippen LogP) is 21.1. The number of thiophene rings is 4. The van der Waals surface area contributed by atoms with Gasteiger partial charge in [-0.3, -0.25) is 0 Å². The van der Waals surface area contributed by atoms with Crippen molar-refractivity contribution >= 4 is 167 Å². The van der Waals surface area contributed by atoms with Gasteiger partial charge in [-0.05, 0) is 119 Å². The van der Waals surface area contributed by atoms with Crippen molar-refractivity contribution < 1.29 is 67.7 Å². The molecule has 4 unspecified atom stereocenters. The summed E-state index contributed by atoms with van der Waals surface area (Å²) in [6.07, 6.45) is -0.638. The fourth-order valence-corrected chi connectivity index (χ4v) is 19.3. The van der Waals surface area contributed by atoms with Crippen LogP contribution < -0.4 is 19.6 Å². The van der Waals surface area contributed by atoms with Crippen molar-refractivity contribution in [1.29, 1.82) is 0 Å². The lowest BCUT2D eigenvalue weighted by Gasteiger charge is -2.28. The number of ether oxygens (including phenoxy) is 5. The van der Waals surface area contributed by atoms with E-state index in [0.717, 1.165) is 93.6 Å². The first kappa shape index (κ1) is 83.4. The van der Waals surface area contributed by atoms with E-state index in [-0.39, 0.29) is 50.5 Å². The minimum atomic E-state index is -1.04. The summed E-state index contributed by atoms with van der Waals surface area (Å²) < 4.78 is 40.8. The van der Waals surface area contributed by atoms with Crippen molar-refractivity contribution in [3.8, 4) is 0 Å². The number of anilines is 4. The van der Waals surface area contributed by atoms with Gasteiger partial charge < -0.3 is 63.7 Å². The summed E-state index contributed by atoms with van der Waals surface area (Å²) in [6, 6.07) is 43.6. The Labute approximate surface area is 679 Å². The number of methoxy groups -OCH3 is 1. The minimum absolute atomic E-state index is 0. The fraction of sp³-hybridized carbons (Fsp3) is 0.294. The normalized spacial score (nSPS) is 15.2. The van der Waals surface area contributed by atoms with Crippen molar-refractivity contribution in [2.45, 2.75) is 52.1 Å². The minimum Gasteiger partial charge on any atom is -0.477 e. The van der Waals surface area contributed by atoms with Crippen molar-refractivity contribution in [3.05, 3.63) is 265 Å². The molecule has 0 amide bonds. The highest BCUT2D eigenvalue weighted by Crippen LogP contribution is 2.53. The third-order valence-electron chi connectivity index (χ3n) is 19.9. The zero-order chi connectivity index (χ0) is 79.4. The van der Waals surface area contributed by atoms with Crippen LogP contribution in [0.2, 0.25) is 10.0 Å². The number of hydrogen-bond donors (Lipinski definition) is 4. The van der Waals surface area contributed by atoms with Gasteiger partial charge in [-0.1, -0.05) is 161 Å². The molecule has 4 aromatic heterocycles. The van der Waals surface area contributed by atoms with Gasteiger partial charge in [0.15, 0.2) is 0 Å². The Balaban J connectivity index is 0.000000148. The van der Waals surface area contributed by atoms with E-state index >= 15 is 0 Å². The van der Waals surface area contributed by atoms with Gasteiger partial charge in [0.25, 0.3) is 0 Å². The Bertz CT molecular complexity index is 5540. The number of fused-ring (bicyclic) bond motifs is 3. The number of morpholine rings is 4. The van der Waals surface area contributed by atoms with Crippen LogP contribution in [0.4, 0.5) is 47.1 Å². The van der Waals surface area contributed by atoms with Crippen LogP contribution in [0.15, 0.2) is 140 Å². The maximum atomic E-state index is 13.5. The van der Waals surface area contributed by atoms with E-state index in [4.69, 9.17) is 73.2 Å². The molecule has 0 aliphatic carbocycles. The number of carboxylic acid groups (broad SMARTS) is 4. The van der Waals surface area contributed by atoms with E-state index in [1.54, 1.807) is 25.3 Å². The molecule has 0 radical (unpaired) electrons. The van der Waals surface area contributed by atoms with Gasteiger partial charge in [0.2, 0.25) is 22.7 Å². The van der Waals surface area contributed by atoms with Gasteiger partial charge in [-0.15, -0.1) is 45.3 Å². The van der Waals surface area contributed by atoms with Gasteiger partial charge in [-0.25, -0.2) is 42.9 Å². The topological polar surface area (TPSA) is 226 Å². The fourth-order valence-electron chi connectivity index (χ4n) is 14.2. The second-order valence-electron chi connectivity index (χ2n) is 26.5. The lowest BCUT2D eigenvalue weighted by atomic mass is 9.90. The summed E-state index contributed by atoms with van der Waals surface area (Å²) in [6.45, 7) is 46.5. The van der Waals surface area contributed by atoms with Crippen molar-refractivity contribution in [2.24, 2.45) is 0 Å². The lowest BCUT2D eigenvalue weighted by molar-refractivity contribution is 0.0684. The second kappa shape index (κ2) is 37.9. The zero-order valence-electron chi connectivity index (χ0n) is 61.2. The molecule has 582 valence electrons. The first-order chi connectivity index (χ1) is 54.2. The standard InChI is InChI=1S/C22H19FN2O3S.C22H20N2O4S.C22H20N2O3S.C18H16Cl2N2O3S.CH4/c1-13(14-3-4-16-12-17(23)6-5-15(16)11-14)18-19(24-2)21(29-20(18)22(26)27)25-7-9-28-10-8-25;1-23-18-17(20(22(25)26)29-21(18)24-9-11-28-12-10-24)19(27-2)16-8-7-14-5-3-4-6-15(14)13-16;1-14(16-8-7-15-5-3-4-6-17(15)13-16)18-19(23-2)21(28-20(18)22(25)26)24-9-11-27-12-10-24;1-10(11-3-4-12(19)13(20)9-11)14-15(21-2)17(26-16(14)18(23)24)22-5-7-25-8-6-22;/h3-6,11-13H,7-10H2,1H3,(H,26,27);3-8,13,19H,9-12H2,2H3,(H,25,26);3-8,13-14H,9-12H2,1H3,(H,25,26);3-4,9-10H,5-8H2,1H3,(H,23,24);1H4. The zero-order valence-corrected chi connectivity index (χ0v) is 66.0. The summed E-state index contributed by atoms with van der Waals surface area (Å²) in [5.74, 6) is -5.14. The maximum absolute atomic E-state index is 13.5. The summed E-state index contributed by atoms with van der Waals surface area (Å²) >= 11 is 16.8. The Kier molecular flexibility index (Phi) is 27.9. The number of rotatable bonds is 17. The Morgan fingerprint density at radius 2 is 0.673 bits per heavy atom. The van der Waals surface area contributed by atoms with Crippen molar-refractivity contribution in [1.82, 2.24) is 0 Å². The average molecular weight is 1640 g/mol. The molecule has 4 N–H and O–H groups in total. The van der Waals surface area contributed by atoms with E-state index in [0.29, 0.717) is 175 Å². The molecular formula is C85H79Cl2FN8O13S4. The number of benzene rings is 7. The van der Waals surface area contributed by atoms with Gasteiger partial charge >= 0.3 is 23.9 Å². The van der Waals surface area contributed by atoms with Gasteiger partial charge in [0.05, 0.1) is 115 Å². The molecule has 28 heteroatoms. The molecule has 8 heterocycles. The van der Waals surface area contributed by atoms with Crippen LogP contribution in [0.5, 0.6) is 0 Å². The van der Waals surface area contributed by atoms with Crippen molar-refractivity contribution in [3.63, 3.8) is 0 Å². The summed E-state index contributed by atoms with van der Waals surface area (Å²) in [7, 11) is 1.55.